The summed E-state index contributed by atoms with van der Waals surface area (Å²) in [4.78, 5) is 27.0. The van der Waals surface area contributed by atoms with Gasteiger partial charge in [-0.1, -0.05) is 0 Å². The highest BCUT2D eigenvalue weighted by atomic mass is 16.3. The molecule has 0 spiro atoms. The first-order valence-electron chi connectivity index (χ1n) is 10.4. The summed E-state index contributed by atoms with van der Waals surface area (Å²) in [5, 5.41) is 21.9. The number of piperidine rings is 1. The summed E-state index contributed by atoms with van der Waals surface area (Å²) in [6, 6.07) is 4.83. The zero-order chi connectivity index (χ0) is 20.4. The van der Waals surface area contributed by atoms with Gasteiger partial charge in [0.05, 0.1) is 12.1 Å². The van der Waals surface area contributed by atoms with Crippen LogP contribution in [-0.2, 0) is 7.05 Å². The molecule has 1 aliphatic heterocycles. The Hall–Kier alpha value is -2.68. The molecule has 1 saturated carbocycles. The van der Waals surface area contributed by atoms with E-state index in [0.717, 1.165) is 44.5 Å². The quantitative estimate of drug-likeness (QED) is 0.771. The maximum atomic E-state index is 12.4. The van der Waals surface area contributed by atoms with Crippen molar-refractivity contribution in [2.45, 2.75) is 56.7 Å². The molecule has 2 aromatic rings. The molecule has 29 heavy (non-hydrogen) atoms. The smallest absolute Gasteiger partial charge is 0.269 e. The number of nitrogens with one attached hydrogen (secondary N) is 1. The van der Waals surface area contributed by atoms with E-state index in [1.54, 1.807) is 30.1 Å². The Morgan fingerprint density at radius 1 is 1.21 bits per heavy atom. The van der Waals surface area contributed by atoms with Crippen LogP contribution in [0.15, 0.2) is 29.2 Å². The van der Waals surface area contributed by atoms with Gasteiger partial charge < -0.3 is 15.3 Å². The molecule has 0 bridgehead atoms. The number of aliphatic hydroxyl groups is 1. The topological polar surface area (TPSA) is 105 Å². The van der Waals surface area contributed by atoms with Gasteiger partial charge in [-0.2, -0.15) is 10.2 Å². The molecule has 3 heterocycles. The lowest BCUT2D eigenvalue weighted by molar-refractivity contribution is 0.0940. The summed E-state index contributed by atoms with van der Waals surface area (Å²) in [5.74, 6) is 0.575. The number of rotatable bonds is 5. The summed E-state index contributed by atoms with van der Waals surface area (Å²) >= 11 is 0. The van der Waals surface area contributed by atoms with Gasteiger partial charge >= 0.3 is 0 Å². The Bertz CT molecular complexity index is 923. The van der Waals surface area contributed by atoms with Crippen molar-refractivity contribution in [2.24, 2.45) is 7.05 Å². The summed E-state index contributed by atoms with van der Waals surface area (Å²) in [7, 11) is 1.74. The molecular formula is C20H28N6O3. The fourth-order valence-electron chi connectivity index (χ4n) is 4.42. The molecule has 3 unspecified atom stereocenters. The van der Waals surface area contributed by atoms with Gasteiger partial charge in [-0.05, 0) is 50.7 Å². The van der Waals surface area contributed by atoms with Gasteiger partial charge in [-0.15, -0.1) is 0 Å². The number of aryl methyl sites for hydroxylation is 1. The van der Waals surface area contributed by atoms with Crippen molar-refractivity contribution >= 4 is 11.7 Å². The number of anilines is 1. The standard InChI is InChI=1S/C20H28N6O3/c1-24-16(10-11-22-24)20(29)21-13-14-5-2-3-12-25(14)18-8-9-19(28)26(23-18)15-6-4-7-17(15)27/h8-11,14-15,17,27H,2-7,12-13H2,1H3,(H,21,29). The third-order valence-corrected chi connectivity index (χ3v) is 6.04. The third-order valence-electron chi connectivity index (χ3n) is 6.04. The number of nitrogens with zero attached hydrogens (tertiary/aromatic N) is 5. The number of hydrogen-bond donors (Lipinski definition) is 2. The average Bonchev–Trinajstić information content (AvgIpc) is 3.35. The lowest BCUT2D eigenvalue weighted by atomic mass is 10.0. The second-order valence-electron chi connectivity index (χ2n) is 7.93. The number of aromatic nitrogens is 4. The van der Waals surface area contributed by atoms with Crippen molar-refractivity contribution in [2.75, 3.05) is 18.0 Å². The van der Waals surface area contributed by atoms with E-state index in [9.17, 15) is 14.7 Å². The SMILES string of the molecule is Cn1nccc1C(=O)NCC1CCCCN1c1ccc(=O)n(C2CCCC2O)n1. The van der Waals surface area contributed by atoms with Crippen molar-refractivity contribution in [1.82, 2.24) is 24.9 Å². The first-order chi connectivity index (χ1) is 14.0. The van der Waals surface area contributed by atoms with Gasteiger partial charge in [0.2, 0.25) is 0 Å². The molecule has 156 valence electrons. The summed E-state index contributed by atoms with van der Waals surface area (Å²) in [5.41, 5.74) is 0.340. The second kappa shape index (κ2) is 8.36. The third kappa shape index (κ3) is 4.05. The fraction of sp³-hybridized carbons (Fsp3) is 0.600. The molecule has 1 saturated heterocycles. The van der Waals surface area contributed by atoms with Crippen LogP contribution in [0.5, 0.6) is 0 Å². The molecular weight excluding hydrogens is 372 g/mol. The van der Waals surface area contributed by atoms with E-state index in [-0.39, 0.29) is 23.6 Å². The highest BCUT2D eigenvalue weighted by molar-refractivity contribution is 5.92. The van der Waals surface area contributed by atoms with Crippen molar-refractivity contribution in [3.8, 4) is 0 Å². The van der Waals surface area contributed by atoms with E-state index in [0.29, 0.717) is 18.7 Å². The molecule has 2 N–H and O–H groups in total. The maximum Gasteiger partial charge on any atom is 0.269 e. The van der Waals surface area contributed by atoms with Crippen LogP contribution in [0.2, 0.25) is 0 Å². The van der Waals surface area contributed by atoms with Crippen LogP contribution in [0.4, 0.5) is 5.82 Å². The Kier molecular flexibility index (Phi) is 5.66. The molecule has 3 atom stereocenters. The van der Waals surface area contributed by atoms with E-state index in [2.05, 4.69) is 20.4 Å². The minimum absolute atomic E-state index is 0.105. The van der Waals surface area contributed by atoms with Crippen LogP contribution in [0.1, 0.15) is 55.1 Å². The van der Waals surface area contributed by atoms with E-state index in [1.807, 2.05) is 0 Å². The average molecular weight is 400 g/mol. The van der Waals surface area contributed by atoms with Crippen molar-refractivity contribution in [1.29, 1.82) is 0 Å². The van der Waals surface area contributed by atoms with Gasteiger partial charge in [0.15, 0.2) is 0 Å². The van der Waals surface area contributed by atoms with Crippen LogP contribution in [0.3, 0.4) is 0 Å². The highest BCUT2D eigenvalue weighted by Gasteiger charge is 2.30. The molecule has 9 nitrogen and oxygen atoms in total. The zero-order valence-electron chi connectivity index (χ0n) is 16.7. The van der Waals surface area contributed by atoms with Crippen LogP contribution in [0, 0.1) is 0 Å². The first-order valence-corrected chi connectivity index (χ1v) is 10.4. The number of carbonyl (C=O) groups is 1. The number of amides is 1. The molecule has 4 rings (SSSR count). The Morgan fingerprint density at radius 3 is 2.79 bits per heavy atom. The number of hydrogen-bond acceptors (Lipinski definition) is 6. The van der Waals surface area contributed by atoms with Crippen LogP contribution < -0.4 is 15.8 Å². The Balaban J connectivity index is 1.51. The van der Waals surface area contributed by atoms with E-state index in [4.69, 9.17) is 0 Å². The van der Waals surface area contributed by atoms with Crippen molar-refractivity contribution in [3.63, 3.8) is 0 Å². The van der Waals surface area contributed by atoms with Gasteiger partial charge in [-0.25, -0.2) is 4.68 Å². The van der Waals surface area contributed by atoms with Crippen molar-refractivity contribution < 1.29 is 9.90 Å². The van der Waals surface area contributed by atoms with Gasteiger partial charge in [0.25, 0.3) is 11.5 Å². The maximum absolute atomic E-state index is 12.4. The molecule has 0 radical (unpaired) electrons. The zero-order valence-corrected chi connectivity index (χ0v) is 16.7. The van der Waals surface area contributed by atoms with Crippen LogP contribution in [-0.4, -0.2) is 55.8 Å². The summed E-state index contributed by atoms with van der Waals surface area (Å²) in [6.45, 7) is 1.32. The molecule has 2 aliphatic rings. The summed E-state index contributed by atoms with van der Waals surface area (Å²) < 4.78 is 3.01. The molecule has 0 aromatic carbocycles. The summed E-state index contributed by atoms with van der Waals surface area (Å²) in [6.07, 6.45) is 6.52. The van der Waals surface area contributed by atoms with E-state index in [1.165, 1.54) is 10.7 Å². The number of aliphatic hydroxyl groups excluding tert-OH is 1. The minimum atomic E-state index is -0.522. The molecule has 1 amide bonds. The Morgan fingerprint density at radius 2 is 2.07 bits per heavy atom. The van der Waals surface area contributed by atoms with Gasteiger partial charge in [0.1, 0.15) is 11.5 Å². The lowest BCUT2D eigenvalue weighted by Gasteiger charge is -2.37. The normalized spacial score (nSPS) is 24.6. The monoisotopic (exact) mass is 400 g/mol. The van der Waals surface area contributed by atoms with Gasteiger partial charge in [-0.3, -0.25) is 14.3 Å². The predicted molar refractivity (Wildman–Crippen MR) is 108 cm³/mol. The number of carbonyl (C=O) groups excluding carboxylic acids is 1. The van der Waals surface area contributed by atoms with Crippen LogP contribution in [0.25, 0.3) is 0 Å². The van der Waals surface area contributed by atoms with Gasteiger partial charge in [0, 0.05) is 38.4 Å². The predicted octanol–water partition coefficient (Wildman–Crippen LogP) is 0.852. The fourth-order valence-corrected chi connectivity index (χ4v) is 4.42. The first kappa shape index (κ1) is 19.6. The molecule has 1 aliphatic carbocycles. The largest absolute Gasteiger partial charge is 0.391 e. The minimum Gasteiger partial charge on any atom is -0.391 e. The van der Waals surface area contributed by atoms with Crippen LogP contribution >= 0.6 is 0 Å². The second-order valence-corrected chi connectivity index (χ2v) is 7.93. The molecule has 9 heteroatoms. The lowest BCUT2D eigenvalue weighted by Crippen LogP contribution is -2.48. The highest BCUT2D eigenvalue weighted by Crippen LogP contribution is 2.29. The van der Waals surface area contributed by atoms with E-state index >= 15 is 0 Å². The Labute approximate surface area is 169 Å². The van der Waals surface area contributed by atoms with Crippen molar-refractivity contribution in [3.05, 3.63) is 40.4 Å². The molecule has 2 aromatic heterocycles. The molecule has 2 fully saturated rings. The van der Waals surface area contributed by atoms with E-state index < -0.39 is 6.10 Å².